The van der Waals surface area contributed by atoms with E-state index in [1.165, 1.54) is 0 Å². The molecule has 0 unspecified atom stereocenters. The number of nitrogens with zero attached hydrogens (tertiary/aromatic N) is 2. The van der Waals surface area contributed by atoms with Crippen molar-refractivity contribution < 1.29 is 22.0 Å². The van der Waals surface area contributed by atoms with E-state index in [-0.39, 0.29) is 9.62 Å². The van der Waals surface area contributed by atoms with Crippen LogP contribution in [0.5, 0.6) is 0 Å². The highest BCUT2D eigenvalue weighted by Crippen LogP contribution is 2.30. The first-order valence-electron chi connectivity index (χ1n) is 4.54. The van der Waals surface area contributed by atoms with Crippen LogP contribution in [-0.2, 0) is 5.75 Å². The van der Waals surface area contributed by atoms with E-state index in [0.29, 0.717) is 0 Å². The molecular formula is C9H2ClF5N2S2. The molecule has 0 radical (unpaired) electrons. The van der Waals surface area contributed by atoms with E-state index in [1.54, 1.807) is 0 Å². The number of hydrogen-bond acceptors (Lipinski definition) is 4. The van der Waals surface area contributed by atoms with E-state index in [1.807, 2.05) is 0 Å². The van der Waals surface area contributed by atoms with E-state index in [0.717, 1.165) is 23.3 Å². The first kappa shape index (κ1) is 14.5. The van der Waals surface area contributed by atoms with Crippen molar-refractivity contribution >= 4 is 34.9 Å². The van der Waals surface area contributed by atoms with Gasteiger partial charge in [-0.05, 0) is 23.1 Å². The zero-order valence-corrected chi connectivity index (χ0v) is 11.1. The Morgan fingerprint density at radius 2 is 1.47 bits per heavy atom. The summed E-state index contributed by atoms with van der Waals surface area (Å²) in [4.78, 5) is 3.68. The first-order chi connectivity index (χ1) is 8.91. The van der Waals surface area contributed by atoms with Gasteiger partial charge in [0, 0.05) is 11.3 Å². The summed E-state index contributed by atoms with van der Waals surface area (Å²) in [5.74, 6) is -10.3. The van der Waals surface area contributed by atoms with Crippen LogP contribution in [0.1, 0.15) is 5.56 Å². The fourth-order valence-corrected chi connectivity index (χ4v) is 2.94. The summed E-state index contributed by atoms with van der Waals surface area (Å²) in [5.41, 5.74) is -0.910. The third-order valence-corrected chi connectivity index (χ3v) is 4.15. The minimum atomic E-state index is -2.18. The molecule has 2 rings (SSSR count). The molecule has 0 amide bonds. The van der Waals surface area contributed by atoms with E-state index in [4.69, 9.17) is 11.6 Å². The fourth-order valence-electron chi connectivity index (χ4n) is 1.16. The van der Waals surface area contributed by atoms with Gasteiger partial charge in [0.25, 0.3) is 0 Å². The molecule has 0 saturated heterocycles. The summed E-state index contributed by atoms with van der Waals surface area (Å²) in [6, 6.07) is 0. The fraction of sp³-hybridized carbons (Fsp3) is 0.111. The van der Waals surface area contributed by atoms with Gasteiger partial charge in [-0.2, -0.15) is 9.36 Å². The maximum absolute atomic E-state index is 13.3. The van der Waals surface area contributed by atoms with Gasteiger partial charge in [0.1, 0.15) is 0 Å². The van der Waals surface area contributed by atoms with E-state index < -0.39 is 40.4 Å². The highest BCUT2D eigenvalue weighted by Gasteiger charge is 2.25. The molecule has 0 fully saturated rings. The molecule has 0 saturated carbocycles. The Hall–Kier alpha value is -0.930. The molecule has 1 aromatic heterocycles. The SMILES string of the molecule is Fc1c(F)c(F)c(CSc2nc(Cl)ns2)c(F)c1F. The molecular weight excluding hydrogens is 331 g/mol. The van der Waals surface area contributed by atoms with Gasteiger partial charge >= 0.3 is 0 Å². The Balaban J connectivity index is 2.30. The lowest BCUT2D eigenvalue weighted by molar-refractivity contribution is 0.372. The lowest BCUT2D eigenvalue weighted by Gasteiger charge is -2.06. The van der Waals surface area contributed by atoms with Crippen LogP contribution < -0.4 is 0 Å². The van der Waals surface area contributed by atoms with Crippen molar-refractivity contribution in [3.63, 3.8) is 0 Å². The summed E-state index contributed by atoms with van der Waals surface area (Å²) in [7, 11) is 0. The summed E-state index contributed by atoms with van der Waals surface area (Å²) in [6.45, 7) is 0. The average Bonchev–Trinajstić information content (AvgIpc) is 2.80. The Morgan fingerprint density at radius 3 is 1.95 bits per heavy atom. The van der Waals surface area contributed by atoms with E-state index >= 15 is 0 Å². The first-order valence-corrected chi connectivity index (χ1v) is 6.67. The van der Waals surface area contributed by atoms with Crippen LogP contribution in [-0.4, -0.2) is 9.36 Å². The van der Waals surface area contributed by atoms with Crippen LogP contribution in [0.15, 0.2) is 4.34 Å². The van der Waals surface area contributed by atoms with Gasteiger partial charge < -0.3 is 0 Å². The summed E-state index contributed by atoms with van der Waals surface area (Å²) in [5, 5.41) is -0.0510. The van der Waals surface area contributed by atoms with Gasteiger partial charge in [0.2, 0.25) is 11.1 Å². The summed E-state index contributed by atoms with van der Waals surface area (Å²) < 4.78 is 69.1. The largest absolute Gasteiger partial charge is 0.235 e. The van der Waals surface area contributed by atoms with Crippen LogP contribution >= 0.6 is 34.9 Å². The number of hydrogen-bond donors (Lipinski definition) is 0. The zero-order chi connectivity index (χ0) is 14.2. The van der Waals surface area contributed by atoms with Crippen LogP contribution in [0.3, 0.4) is 0 Å². The van der Waals surface area contributed by atoms with Gasteiger partial charge in [-0.1, -0.05) is 11.8 Å². The standard InChI is InChI=1S/C9H2ClF5N2S2/c10-8-16-9(19-17-8)18-1-2-3(11)5(13)7(15)6(14)4(2)12/h1H2. The number of aromatic nitrogens is 2. The zero-order valence-electron chi connectivity index (χ0n) is 8.69. The number of rotatable bonds is 3. The van der Waals surface area contributed by atoms with Crippen molar-refractivity contribution in [1.82, 2.24) is 9.36 Å². The monoisotopic (exact) mass is 332 g/mol. The topological polar surface area (TPSA) is 25.8 Å². The molecule has 2 nitrogen and oxygen atoms in total. The molecule has 0 N–H and O–H groups in total. The number of halogens is 6. The molecule has 0 aliphatic heterocycles. The maximum Gasteiger partial charge on any atom is 0.235 e. The Morgan fingerprint density at radius 1 is 0.947 bits per heavy atom. The van der Waals surface area contributed by atoms with Crippen molar-refractivity contribution in [2.24, 2.45) is 0 Å². The summed E-state index contributed by atoms with van der Waals surface area (Å²) >= 11 is 7.06. The molecule has 0 spiro atoms. The second-order valence-electron chi connectivity index (χ2n) is 3.17. The third-order valence-electron chi connectivity index (χ3n) is 2.02. The number of thioether (sulfide) groups is 1. The maximum atomic E-state index is 13.3. The van der Waals surface area contributed by atoms with E-state index in [2.05, 4.69) is 9.36 Å². The highest BCUT2D eigenvalue weighted by molar-refractivity contribution is 8.00. The lowest BCUT2D eigenvalue weighted by Crippen LogP contribution is -2.06. The molecule has 10 heteroatoms. The van der Waals surface area contributed by atoms with Crippen LogP contribution in [0.2, 0.25) is 5.28 Å². The average molecular weight is 333 g/mol. The molecule has 102 valence electrons. The Bertz CT molecular complexity index is 604. The minimum Gasteiger partial charge on any atom is -0.203 e. The molecule has 0 aliphatic carbocycles. The van der Waals surface area contributed by atoms with Gasteiger partial charge in [-0.3, -0.25) is 0 Å². The molecule has 2 aromatic rings. The van der Waals surface area contributed by atoms with Crippen molar-refractivity contribution in [2.45, 2.75) is 10.1 Å². The van der Waals surface area contributed by atoms with Gasteiger partial charge in [0.05, 0.1) is 0 Å². The van der Waals surface area contributed by atoms with E-state index in [9.17, 15) is 22.0 Å². The van der Waals surface area contributed by atoms with Crippen molar-refractivity contribution in [3.8, 4) is 0 Å². The van der Waals surface area contributed by atoms with Crippen molar-refractivity contribution in [3.05, 3.63) is 39.9 Å². The Labute approximate surface area is 116 Å². The minimum absolute atomic E-state index is 0.0510. The van der Waals surface area contributed by atoms with Gasteiger partial charge in [-0.25, -0.2) is 22.0 Å². The lowest BCUT2D eigenvalue weighted by atomic mass is 10.2. The predicted octanol–water partition coefficient (Wildman–Crippen LogP) is 4.18. The molecule has 0 aliphatic rings. The molecule has 0 bridgehead atoms. The second-order valence-corrected chi connectivity index (χ2v) is 5.48. The second kappa shape index (κ2) is 5.59. The quantitative estimate of drug-likeness (QED) is 0.365. The van der Waals surface area contributed by atoms with Crippen LogP contribution in [0.25, 0.3) is 0 Å². The van der Waals surface area contributed by atoms with Crippen molar-refractivity contribution in [1.29, 1.82) is 0 Å². The molecule has 19 heavy (non-hydrogen) atoms. The molecule has 0 atom stereocenters. The normalized spacial score (nSPS) is 11.1. The number of benzene rings is 1. The highest BCUT2D eigenvalue weighted by atomic mass is 35.5. The third kappa shape index (κ3) is 2.82. The molecule has 1 heterocycles. The van der Waals surface area contributed by atoms with Crippen LogP contribution in [0, 0.1) is 29.1 Å². The smallest absolute Gasteiger partial charge is 0.203 e. The van der Waals surface area contributed by atoms with Gasteiger partial charge in [-0.15, -0.1) is 0 Å². The van der Waals surface area contributed by atoms with Crippen molar-refractivity contribution in [2.75, 3.05) is 0 Å². The van der Waals surface area contributed by atoms with Crippen LogP contribution in [0.4, 0.5) is 22.0 Å². The summed E-state index contributed by atoms with van der Waals surface area (Å²) in [6.07, 6.45) is 0. The van der Waals surface area contributed by atoms with Gasteiger partial charge in [0.15, 0.2) is 27.6 Å². The molecule has 1 aromatic carbocycles. The Kier molecular flexibility index (Phi) is 4.26. The predicted molar refractivity (Wildman–Crippen MR) is 60.7 cm³/mol.